The molecular weight excluding hydrogens is 241 g/mol. The van der Waals surface area contributed by atoms with Crippen LogP contribution >= 0.6 is 23.2 Å². The molecule has 3 heteroatoms. The maximum Gasteiger partial charge on any atom is 0.0992 e. The summed E-state index contributed by atoms with van der Waals surface area (Å²) in [5, 5.41) is 7.51. The van der Waals surface area contributed by atoms with Crippen LogP contribution in [0.4, 0.5) is 0 Å². The van der Waals surface area contributed by atoms with E-state index in [1.807, 2.05) is 36.4 Å². The fraction of sp³-hybridized carbons (Fsp3) is 0. The molecular formula is C13H13Cl2N. The number of hydrogen-bond acceptors (Lipinski definition) is 1. The Bertz CT molecular complexity index is 346. The molecule has 0 heterocycles. The van der Waals surface area contributed by atoms with Crippen molar-refractivity contribution in [3.8, 4) is 6.07 Å². The van der Waals surface area contributed by atoms with E-state index in [0.717, 1.165) is 0 Å². The molecule has 0 amide bonds. The Balaban J connectivity index is 0. The van der Waals surface area contributed by atoms with E-state index in [0.29, 0.717) is 0 Å². The molecule has 16 heavy (non-hydrogen) atoms. The van der Waals surface area contributed by atoms with Crippen LogP contribution in [0, 0.1) is 11.3 Å². The van der Waals surface area contributed by atoms with Crippen molar-refractivity contribution >= 4 is 29.3 Å². The average molecular weight is 254 g/mol. The molecule has 0 aliphatic rings. The van der Waals surface area contributed by atoms with Crippen LogP contribution in [-0.4, -0.2) is 0 Å². The zero-order chi connectivity index (χ0) is 12.8. The molecule has 0 N–H and O–H groups in total. The van der Waals surface area contributed by atoms with Crippen LogP contribution in [-0.2, 0) is 0 Å². The molecule has 0 fully saturated rings. The molecule has 0 aliphatic carbocycles. The van der Waals surface area contributed by atoms with Crippen LogP contribution in [0.5, 0.6) is 0 Å². The number of nitriles is 1. The Morgan fingerprint density at radius 3 is 1.75 bits per heavy atom. The van der Waals surface area contributed by atoms with Crippen molar-refractivity contribution in [1.29, 1.82) is 5.26 Å². The summed E-state index contributed by atoms with van der Waals surface area (Å²) in [6.45, 7) is 9.84. The largest absolute Gasteiger partial charge is 0.193 e. The molecule has 0 aliphatic heterocycles. The van der Waals surface area contributed by atoms with Crippen molar-refractivity contribution in [3.63, 3.8) is 0 Å². The number of hydrogen-bond donors (Lipinski definition) is 0. The van der Waals surface area contributed by atoms with Crippen molar-refractivity contribution in [2.75, 3.05) is 0 Å². The van der Waals surface area contributed by atoms with E-state index in [2.05, 4.69) is 19.7 Å². The molecule has 0 atom stereocenters. The van der Waals surface area contributed by atoms with Gasteiger partial charge in [-0.1, -0.05) is 79.3 Å². The molecule has 0 saturated carbocycles. The van der Waals surface area contributed by atoms with Gasteiger partial charge >= 0.3 is 0 Å². The first kappa shape index (κ1) is 16.9. The van der Waals surface area contributed by atoms with Gasteiger partial charge in [0.25, 0.3) is 0 Å². The minimum absolute atomic E-state index is 0.111. The van der Waals surface area contributed by atoms with Gasteiger partial charge in [0.1, 0.15) is 0 Å². The van der Waals surface area contributed by atoms with Crippen LogP contribution in [0.15, 0.2) is 60.6 Å². The van der Waals surface area contributed by atoms with E-state index in [1.165, 1.54) is 11.6 Å². The third-order valence-electron chi connectivity index (χ3n) is 1.13. The Labute approximate surface area is 107 Å². The quantitative estimate of drug-likeness (QED) is 0.649. The molecule has 0 radical (unpaired) electrons. The van der Waals surface area contributed by atoms with Gasteiger partial charge in [-0.2, -0.15) is 5.26 Å². The summed E-state index contributed by atoms with van der Waals surface area (Å²) in [7, 11) is 0. The van der Waals surface area contributed by atoms with Gasteiger partial charge in [-0.05, 0) is 5.56 Å². The smallest absolute Gasteiger partial charge is 0.0992 e. The van der Waals surface area contributed by atoms with Crippen molar-refractivity contribution in [2.24, 2.45) is 0 Å². The predicted octanol–water partition coefficient (Wildman–Crippen LogP) is 4.96. The molecule has 1 nitrogen and oxygen atoms in total. The second-order valence-electron chi connectivity index (χ2n) is 2.29. The molecule has 1 aromatic rings. The number of allylic oxidation sites excluding steroid dienone is 1. The standard InChI is InChI=1S/C8H8.C3H3N.C2H2Cl2/c1-2-8-6-4-3-5-7-8;1-2-3-4;1-2(3)4/h2-7H,1H2;2H,1H2;1H2. The van der Waals surface area contributed by atoms with Crippen molar-refractivity contribution in [3.05, 3.63) is 66.2 Å². The van der Waals surface area contributed by atoms with Crippen LogP contribution in [0.1, 0.15) is 5.56 Å². The third kappa shape index (κ3) is 18.3. The molecule has 0 spiro atoms. The third-order valence-corrected chi connectivity index (χ3v) is 1.13. The fourth-order valence-electron chi connectivity index (χ4n) is 0.589. The van der Waals surface area contributed by atoms with E-state index >= 15 is 0 Å². The maximum absolute atomic E-state index is 7.51. The van der Waals surface area contributed by atoms with Gasteiger partial charge in [0.15, 0.2) is 0 Å². The van der Waals surface area contributed by atoms with Crippen molar-refractivity contribution in [1.82, 2.24) is 0 Å². The first-order valence-electron chi connectivity index (χ1n) is 4.26. The maximum atomic E-state index is 7.51. The van der Waals surface area contributed by atoms with E-state index < -0.39 is 0 Å². The summed E-state index contributed by atoms with van der Waals surface area (Å²) in [5.41, 5.74) is 1.17. The summed E-state index contributed by atoms with van der Waals surface area (Å²) < 4.78 is 0.111. The van der Waals surface area contributed by atoms with E-state index in [1.54, 1.807) is 6.07 Å². The Morgan fingerprint density at radius 2 is 1.56 bits per heavy atom. The Hall–Kier alpha value is -1.49. The highest BCUT2D eigenvalue weighted by molar-refractivity contribution is 6.55. The molecule has 0 unspecified atom stereocenters. The molecule has 0 aromatic heterocycles. The topological polar surface area (TPSA) is 23.8 Å². The number of rotatable bonds is 1. The number of nitrogens with zero attached hydrogens (tertiary/aromatic N) is 1. The summed E-state index contributed by atoms with van der Waals surface area (Å²) in [4.78, 5) is 0. The van der Waals surface area contributed by atoms with E-state index in [4.69, 9.17) is 28.5 Å². The lowest BCUT2D eigenvalue weighted by Gasteiger charge is -1.85. The van der Waals surface area contributed by atoms with Gasteiger partial charge in [-0.15, -0.1) is 0 Å². The summed E-state index contributed by atoms with van der Waals surface area (Å²) in [5.74, 6) is 0. The molecule has 0 bridgehead atoms. The lowest BCUT2D eigenvalue weighted by atomic mass is 10.2. The van der Waals surface area contributed by atoms with Crippen LogP contribution in [0.25, 0.3) is 6.08 Å². The second kappa shape index (κ2) is 13.5. The summed E-state index contributed by atoms with van der Waals surface area (Å²) in [6, 6.07) is 11.7. The van der Waals surface area contributed by atoms with E-state index in [9.17, 15) is 0 Å². The first-order chi connectivity index (χ1) is 7.58. The van der Waals surface area contributed by atoms with Crippen LogP contribution in [0.3, 0.4) is 0 Å². The SMILES string of the molecule is C=C(Cl)Cl.C=CC#N.C=Cc1ccccc1. The normalized spacial score (nSPS) is 6.81. The van der Waals surface area contributed by atoms with Gasteiger partial charge < -0.3 is 0 Å². The molecule has 1 aromatic carbocycles. The van der Waals surface area contributed by atoms with Gasteiger partial charge in [0.2, 0.25) is 0 Å². The summed E-state index contributed by atoms with van der Waals surface area (Å²) >= 11 is 9.69. The first-order valence-corrected chi connectivity index (χ1v) is 5.02. The Kier molecular flexibility index (Phi) is 14.3. The van der Waals surface area contributed by atoms with Gasteiger partial charge in [-0.3, -0.25) is 0 Å². The lowest BCUT2D eigenvalue weighted by Crippen LogP contribution is -1.63. The number of halogens is 2. The zero-order valence-corrected chi connectivity index (χ0v) is 10.4. The van der Waals surface area contributed by atoms with Crippen molar-refractivity contribution in [2.45, 2.75) is 0 Å². The minimum atomic E-state index is 0.111. The molecule has 84 valence electrons. The van der Waals surface area contributed by atoms with Gasteiger partial charge in [-0.25, -0.2) is 0 Å². The predicted molar refractivity (Wildman–Crippen MR) is 73.2 cm³/mol. The Morgan fingerprint density at radius 1 is 1.19 bits per heavy atom. The minimum Gasteiger partial charge on any atom is -0.193 e. The van der Waals surface area contributed by atoms with Crippen LogP contribution in [0.2, 0.25) is 0 Å². The van der Waals surface area contributed by atoms with E-state index in [-0.39, 0.29) is 4.49 Å². The zero-order valence-electron chi connectivity index (χ0n) is 8.87. The molecule has 1 rings (SSSR count). The number of benzene rings is 1. The molecule has 0 saturated heterocycles. The highest BCUT2D eigenvalue weighted by Gasteiger charge is 1.75. The van der Waals surface area contributed by atoms with Crippen LogP contribution < -0.4 is 0 Å². The summed E-state index contributed by atoms with van der Waals surface area (Å²) in [6.07, 6.45) is 3.01. The monoisotopic (exact) mass is 253 g/mol. The average Bonchev–Trinajstić information content (AvgIpc) is 2.30. The highest BCUT2D eigenvalue weighted by atomic mass is 35.5. The lowest BCUT2D eigenvalue weighted by molar-refractivity contribution is 1.54. The van der Waals surface area contributed by atoms with Gasteiger partial charge in [0, 0.05) is 6.08 Å². The fourth-order valence-corrected chi connectivity index (χ4v) is 0.589. The second-order valence-corrected chi connectivity index (χ2v) is 3.39. The van der Waals surface area contributed by atoms with Crippen molar-refractivity contribution < 1.29 is 0 Å². The highest BCUT2D eigenvalue weighted by Crippen LogP contribution is 1.98. The van der Waals surface area contributed by atoms with Gasteiger partial charge in [0.05, 0.1) is 10.6 Å².